The summed E-state index contributed by atoms with van der Waals surface area (Å²) in [5.74, 6) is 1.70. The minimum absolute atomic E-state index is 0.379. The summed E-state index contributed by atoms with van der Waals surface area (Å²) in [6.07, 6.45) is 5.35. The minimum Gasteiger partial charge on any atom is -0.337 e. The average molecular weight is 205 g/mol. The van der Waals surface area contributed by atoms with Gasteiger partial charge in [0.15, 0.2) is 5.82 Å². The van der Waals surface area contributed by atoms with E-state index >= 15 is 0 Å². The molecule has 0 unspecified atom stereocenters. The number of aromatic nitrogens is 4. The Kier molecular flexibility index (Phi) is 1.53. The first-order valence-electron chi connectivity index (χ1n) is 4.80. The summed E-state index contributed by atoms with van der Waals surface area (Å²) < 4.78 is 6.97. The second kappa shape index (κ2) is 2.66. The Morgan fingerprint density at radius 3 is 2.93 bits per heavy atom. The van der Waals surface area contributed by atoms with Gasteiger partial charge in [-0.15, -0.1) is 0 Å². The van der Waals surface area contributed by atoms with Crippen LogP contribution in [0.4, 0.5) is 0 Å². The molecule has 3 rings (SSSR count). The highest BCUT2D eigenvalue weighted by Crippen LogP contribution is 2.41. The number of nitrogens with zero attached hydrogens (tertiary/aromatic N) is 4. The molecule has 15 heavy (non-hydrogen) atoms. The van der Waals surface area contributed by atoms with Crippen LogP contribution in [-0.2, 0) is 12.6 Å². The number of nitrogens with two attached hydrogens (primary N) is 1. The summed E-state index contributed by atoms with van der Waals surface area (Å²) in [6, 6.07) is 0. The molecule has 0 radical (unpaired) electrons. The van der Waals surface area contributed by atoms with Gasteiger partial charge in [0.2, 0.25) is 11.7 Å². The van der Waals surface area contributed by atoms with E-state index < -0.39 is 0 Å². The van der Waals surface area contributed by atoms with Gasteiger partial charge in [-0.2, -0.15) is 4.98 Å². The van der Waals surface area contributed by atoms with E-state index in [2.05, 4.69) is 15.1 Å². The van der Waals surface area contributed by atoms with Crippen molar-refractivity contribution in [2.45, 2.75) is 18.4 Å². The van der Waals surface area contributed by atoms with Crippen molar-refractivity contribution < 1.29 is 4.52 Å². The number of imidazole rings is 1. The van der Waals surface area contributed by atoms with Gasteiger partial charge in [0, 0.05) is 19.4 Å². The summed E-state index contributed by atoms with van der Waals surface area (Å²) in [4.78, 5) is 8.40. The quantitative estimate of drug-likeness (QED) is 0.768. The van der Waals surface area contributed by atoms with Crippen LogP contribution in [0.15, 0.2) is 16.9 Å². The molecule has 0 atom stereocenters. The summed E-state index contributed by atoms with van der Waals surface area (Å²) >= 11 is 0. The Labute approximate surface area is 86.1 Å². The molecule has 0 spiro atoms. The van der Waals surface area contributed by atoms with Crippen molar-refractivity contribution in [1.29, 1.82) is 0 Å². The molecule has 1 fully saturated rings. The highest BCUT2D eigenvalue weighted by molar-refractivity contribution is 5.42. The minimum atomic E-state index is -0.379. The van der Waals surface area contributed by atoms with Crippen LogP contribution in [0.2, 0.25) is 0 Å². The van der Waals surface area contributed by atoms with Crippen LogP contribution >= 0.6 is 0 Å². The average Bonchev–Trinajstić information content (AvgIpc) is 2.70. The van der Waals surface area contributed by atoms with Gasteiger partial charge in [-0.1, -0.05) is 5.16 Å². The van der Waals surface area contributed by atoms with E-state index in [1.807, 2.05) is 17.8 Å². The van der Waals surface area contributed by atoms with Gasteiger partial charge in [0.1, 0.15) is 0 Å². The Morgan fingerprint density at radius 1 is 1.53 bits per heavy atom. The van der Waals surface area contributed by atoms with Crippen molar-refractivity contribution in [1.82, 2.24) is 19.7 Å². The molecular formula is C9H11N5O. The molecule has 1 aliphatic carbocycles. The van der Waals surface area contributed by atoms with Gasteiger partial charge in [-0.25, -0.2) is 4.98 Å². The normalized spacial score (nSPS) is 18.0. The first kappa shape index (κ1) is 8.60. The lowest BCUT2D eigenvalue weighted by molar-refractivity contribution is 0.348. The van der Waals surface area contributed by atoms with Crippen LogP contribution in [0.1, 0.15) is 18.7 Å². The molecule has 2 heterocycles. The number of rotatable bonds is 2. The molecule has 2 aromatic rings. The van der Waals surface area contributed by atoms with Crippen LogP contribution in [0, 0.1) is 0 Å². The lowest BCUT2D eigenvalue weighted by Crippen LogP contribution is -2.18. The van der Waals surface area contributed by atoms with E-state index in [1.165, 1.54) is 0 Å². The third-order valence-corrected chi connectivity index (χ3v) is 2.66. The largest absolute Gasteiger partial charge is 0.337 e. The van der Waals surface area contributed by atoms with Gasteiger partial charge < -0.3 is 14.8 Å². The van der Waals surface area contributed by atoms with Crippen LogP contribution < -0.4 is 5.73 Å². The molecule has 0 saturated heterocycles. The van der Waals surface area contributed by atoms with Crippen LogP contribution in [0.25, 0.3) is 11.6 Å². The molecule has 6 heteroatoms. The third kappa shape index (κ3) is 1.25. The number of aryl methyl sites for hydroxylation is 1. The first-order chi connectivity index (χ1) is 7.19. The van der Waals surface area contributed by atoms with Crippen molar-refractivity contribution in [3.63, 3.8) is 0 Å². The second-order valence-electron chi connectivity index (χ2n) is 3.94. The summed E-state index contributed by atoms with van der Waals surface area (Å²) in [7, 11) is 1.88. The zero-order valence-corrected chi connectivity index (χ0v) is 8.34. The van der Waals surface area contributed by atoms with Crippen LogP contribution in [0.5, 0.6) is 0 Å². The molecule has 2 N–H and O–H groups in total. The van der Waals surface area contributed by atoms with Crippen molar-refractivity contribution in [2.75, 3.05) is 0 Å². The van der Waals surface area contributed by atoms with Gasteiger partial charge in [0.05, 0.1) is 5.54 Å². The zero-order chi connectivity index (χ0) is 10.5. The standard InChI is InChI=1S/C9H11N5O/c1-14-5-4-11-7(14)6-12-8(15-13-6)9(10)2-3-9/h4-5H,2-3,10H2,1H3. The highest BCUT2D eigenvalue weighted by Gasteiger charge is 2.45. The SMILES string of the molecule is Cn1ccnc1-c1noc(C2(N)CC2)n1. The summed E-state index contributed by atoms with van der Waals surface area (Å²) in [5.41, 5.74) is 5.57. The lowest BCUT2D eigenvalue weighted by atomic mass is 10.3. The predicted octanol–water partition coefficient (Wildman–Crippen LogP) is 0.418. The zero-order valence-electron chi connectivity index (χ0n) is 8.34. The number of hydrogen-bond donors (Lipinski definition) is 1. The summed E-state index contributed by atoms with van der Waals surface area (Å²) in [5, 5.41) is 3.88. The molecular weight excluding hydrogens is 194 g/mol. The van der Waals surface area contributed by atoms with Crippen molar-refractivity contribution in [3.8, 4) is 11.6 Å². The van der Waals surface area contributed by atoms with Gasteiger partial charge in [-0.05, 0) is 12.8 Å². The smallest absolute Gasteiger partial charge is 0.247 e. The summed E-state index contributed by atoms with van der Waals surface area (Å²) in [6.45, 7) is 0. The van der Waals surface area contributed by atoms with Crippen LogP contribution in [-0.4, -0.2) is 19.7 Å². The fourth-order valence-electron chi connectivity index (χ4n) is 1.45. The molecule has 2 aromatic heterocycles. The lowest BCUT2D eigenvalue weighted by Gasteiger charge is -1.97. The van der Waals surface area contributed by atoms with E-state index in [0.29, 0.717) is 17.5 Å². The van der Waals surface area contributed by atoms with Crippen LogP contribution in [0.3, 0.4) is 0 Å². The maximum absolute atomic E-state index is 5.95. The van der Waals surface area contributed by atoms with E-state index in [9.17, 15) is 0 Å². The Bertz CT molecular complexity index is 496. The predicted molar refractivity (Wildman–Crippen MR) is 51.6 cm³/mol. The maximum Gasteiger partial charge on any atom is 0.247 e. The monoisotopic (exact) mass is 205 g/mol. The topological polar surface area (TPSA) is 82.8 Å². The Balaban J connectivity index is 2.01. The fourth-order valence-corrected chi connectivity index (χ4v) is 1.45. The number of hydrogen-bond acceptors (Lipinski definition) is 5. The highest BCUT2D eigenvalue weighted by atomic mass is 16.5. The van der Waals surface area contributed by atoms with Gasteiger partial charge in [-0.3, -0.25) is 0 Å². The first-order valence-corrected chi connectivity index (χ1v) is 4.80. The van der Waals surface area contributed by atoms with E-state index in [4.69, 9.17) is 10.3 Å². The molecule has 0 aliphatic heterocycles. The molecule has 0 amide bonds. The molecule has 0 aromatic carbocycles. The molecule has 1 saturated carbocycles. The molecule has 1 aliphatic rings. The van der Waals surface area contributed by atoms with Crippen molar-refractivity contribution in [3.05, 3.63) is 18.3 Å². The fraction of sp³-hybridized carbons (Fsp3) is 0.444. The van der Waals surface area contributed by atoms with Crippen molar-refractivity contribution >= 4 is 0 Å². The van der Waals surface area contributed by atoms with E-state index in [1.54, 1.807) is 6.20 Å². The molecule has 0 bridgehead atoms. The Morgan fingerprint density at radius 2 is 2.33 bits per heavy atom. The van der Waals surface area contributed by atoms with Gasteiger partial charge >= 0.3 is 0 Å². The molecule has 78 valence electrons. The third-order valence-electron chi connectivity index (χ3n) is 2.66. The molecule has 6 nitrogen and oxygen atoms in total. The second-order valence-corrected chi connectivity index (χ2v) is 3.94. The maximum atomic E-state index is 5.95. The Hall–Kier alpha value is -1.69. The van der Waals surface area contributed by atoms with Gasteiger partial charge in [0.25, 0.3) is 0 Å². The van der Waals surface area contributed by atoms with E-state index in [-0.39, 0.29) is 5.54 Å². The van der Waals surface area contributed by atoms with E-state index in [0.717, 1.165) is 12.8 Å². The van der Waals surface area contributed by atoms with Crippen molar-refractivity contribution in [2.24, 2.45) is 12.8 Å².